The van der Waals surface area contributed by atoms with Crippen LogP contribution in [-0.4, -0.2) is 10.8 Å². The minimum atomic E-state index is -0.554. The third-order valence-corrected chi connectivity index (χ3v) is 2.70. The van der Waals surface area contributed by atoms with Crippen LogP contribution in [0.1, 0.15) is 15.9 Å². The van der Waals surface area contributed by atoms with Crippen LogP contribution in [-0.2, 0) is 6.61 Å². The maximum Gasteiger partial charge on any atom is 0.276 e. The Kier molecular flexibility index (Phi) is 3.95. The van der Waals surface area contributed by atoms with Crippen LogP contribution in [0.3, 0.4) is 0 Å². The van der Waals surface area contributed by atoms with Crippen molar-refractivity contribution in [3.05, 3.63) is 69.8 Å². The summed E-state index contributed by atoms with van der Waals surface area (Å²) in [5.74, 6) is -0.124. The molecule has 0 aliphatic heterocycles. The second kappa shape index (κ2) is 5.83. The quantitative estimate of drug-likeness (QED) is 0.667. The van der Waals surface area contributed by atoms with E-state index in [9.17, 15) is 14.9 Å². The van der Waals surface area contributed by atoms with Crippen molar-refractivity contribution in [2.24, 2.45) is 5.73 Å². The van der Waals surface area contributed by atoms with Crippen molar-refractivity contribution >= 4 is 11.6 Å². The molecule has 0 spiro atoms. The lowest BCUT2D eigenvalue weighted by molar-refractivity contribution is -0.385. The van der Waals surface area contributed by atoms with E-state index < -0.39 is 10.8 Å². The van der Waals surface area contributed by atoms with E-state index in [1.54, 1.807) is 36.4 Å². The summed E-state index contributed by atoms with van der Waals surface area (Å²) in [5, 5.41) is 10.9. The Morgan fingerprint density at radius 1 is 1.20 bits per heavy atom. The first-order valence-corrected chi connectivity index (χ1v) is 5.83. The minimum Gasteiger partial charge on any atom is -0.489 e. The molecule has 102 valence electrons. The molecule has 0 heterocycles. The Hall–Kier alpha value is -2.89. The third-order valence-electron chi connectivity index (χ3n) is 2.70. The lowest BCUT2D eigenvalue weighted by atomic mass is 10.2. The smallest absolute Gasteiger partial charge is 0.276 e. The van der Waals surface area contributed by atoms with Crippen molar-refractivity contribution in [1.29, 1.82) is 0 Å². The summed E-state index contributed by atoms with van der Waals surface area (Å²) < 4.78 is 5.46. The topological polar surface area (TPSA) is 95.5 Å². The fraction of sp³-hybridized carbons (Fsp3) is 0.0714. The molecule has 2 aromatic carbocycles. The van der Waals surface area contributed by atoms with Crippen LogP contribution in [0, 0.1) is 10.1 Å². The van der Waals surface area contributed by atoms with E-state index in [0.29, 0.717) is 16.9 Å². The highest BCUT2D eigenvalue weighted by Gasteiger charge is 2.12. The number of nitro groups is 1. The largest absolute Gasteiger partial charge is 0.489 e. The number of benzene rings is 2. The first kappa shape index (κ1) is 13.5. The number of carbonyl (C=O) groups excluding carboxylic acids is 1. The summed E-state index contributed by atoms with van der Waals surface area (Å²) in [7, 11) is 0. The molecule has 0 aliphatic carbocycles. The summed E-state index contributed by atoms with van der Waals surface area (Å²) in [4.78, 5) is 21.5. The van der Waals surface area contributed by atoms with E-state index in [4.69, 9.17) is 10.5 Å². The summed E-state index contributed by atoms with van der Waals surface area (Å²) in [6.45, 7) is 0.0410. The van der Waals surface area contributed by atoms with E-state index in [0.717, 1.165) is 0 Å². The number of rotatable bonds is 5. The molecule has 0 unspecified atom stereocenters. The molecule has 6 nitrogen and oxygen atoms in total. The zero-order valence-corrected chi connectivity index (χ0v) is 10.5. The van der Waals surface area contributed by atoms with Crippen LogP contribution < -0.4 is 10.5 Å². The molecule has 2 rings (SSSR count). The van der Waals surface area contributed by atoms with E-state index in [-0.39, 0.29) is 12.3 Å². The number of hydrogen-bond donors (Lipinski definition) is 1. The summed E-state index contributed by atoms with van der Waals surface area (Å²) in [6, 6.07) is 12.7. The molecule has 1 amide bonds. The van der Waals surface area contributed by atoms with Gasteiger partial charge in [0.1, 0.15) is 12.4 Å². The van der Waals surface area contributed by atoms with Gasteiger partial charge in [-0.15, -0.1) is 0 Å². The molecule has 0 fully saturated rings. The van der Waals surface area contributed by atoms with Gasteiger partial charge >= 0.3 is 0 Å². The van der Waals surface area contributed by atoms with Gasteiger partial charge in [0.2, 0.25) is 5.91 Å². The number of para-hydroxylation sites is 1. The maximum atomic E-state index is 11.0. The second-order valence-electron chi connectivity index (χ2n) is 4.07. The van der Waals surface area contributed by atoms with Gasteiger partial charge in [-0.1, -0.05) is 18.2 Å². The van der Waals surface area contributed by atoms with Crippen molar-refractivity contribution in [2.75, 3.05) is 0 Å². The monoisotopic (exact) mass is 272 g/mol. The van der Waals surface area contributed by atoms with Gasteiger partial charge in [0.25, 0.3) is 5.69 Å². The number of ether oxygens (including phenoxy) is 1. The predicted octanol–water partition coefficient (Wildman–Crippen LogP) is 2.27. The minimum absolute atomic E-state index is 0.00134. The molecule has 0 saturated carbocycles. The zero-order valence-electron chi connectivity index (χ0n) is 10.5. The Balaban J connectivity index is 2.15. The van der Waals surface area contributed by atoms with Gasteiger partial charge in [-0.25, -0.2) is 0 Å². The molecule has 20 heavy (non-hydrogen) atoms. The van der Waals surface area contributed by atoms with Crippen LogP contribution in [0.25, 0.3) is 0 Å². The number of carbonyl (C=O) groups is 1. The van der Waals surface area contributed by atoms with Crippen molar-refractivity contribution in [3.63, 3.8) is 0 Å². The van der Waals surface area contributed by atoms with Gasteiger partial charge in [0, 0.05) is 11.6 Å². The molecule has 6 heteroatoms. The lowest BCUT2D eigenvalue weighted by Crippen LogP contribution is -2.10. The van der Waals surface area contributed by atoms with Crippen LogP contribution in [0.15, 0.2) is 48.5 Å². The molecule has 0 aliphatic rings. The van der Waals surface area contributed by atoms with Crippen molar-refractivity contribution in [1.82, 2.24) is 0 Å². The second-order valence-corrected chi connectivity index (χ2v) is 4.07. The molecule has 0 atom stereocenters. The number of nitrogens with two attached hydrogens (primary N) is 1. The average Bonchev–Trinajstić information content (AvgIpc) is 2.45. The van der Waals surface area contributed by atoms with Gasteiger partial charge in [0.05, 0.1) is 10.5 Å². The predicted molar refractivity (Wildman–Crippen MR) is 72.4 cm³/mol. The van der Waals surface area contributed by atoms with Crippen molar-refractivity contribution in [2.45, 2.75) is 6.61 Å². The number of hydrogen-bond acceptors (Lipinski definition) is 4. The van der Waals surface area contributed by atoms with Gasteiger partial charge in [-0.3, -0.25) is 14.9 Å². The molecule has 0 bridgehead atoms. The Morgan fingerprint density at radius 3 is 2.65 bits per heavy atom. The molecule has 0 saturated heterocycles. The standard InChI is InChI=1S/C14H12N2O4/c15-14(17)10-5-3-6-12(8-10)20-9-11-4-1-2-7-13(11)16(18)19/h1-8H,9H2,(H2,15,17). The molecule has 2 N–H and O–H groups in total. The van der Waals surface area contributed by atoms with Crippen LogP contribution >= 0.6 is 0 Å². The SMILES string of the molecule is NC(=O)c1cccc(OCc2ccccc2[N+](=O)[O-])c1. The Morgan fingerprint density at radius 2 is 1.95 bits per heavy atom. The fourth-order valence-electron chi connectivity index (χ4n) is 1.71. The summed E-state index contributed by atoms with van der Waals surface area (Å²) in [5.41, 5.74) is 5.95. The molecule has 2 aromatic rings. The maximum absolute atomic E-state index is 11.0. The zero-order chi connectivity index (χ0) is 14.5. The van der Waals surface area contributed by atoms with E-state index >= 15 is 0 Å². The number of primary amides is 1. The molecule has 0 radical (unpaired) electrons. The van der Waals surface area contributed by atoms with Gasteiger partial charge in [0.15, 0.2) is 0 Å². The summed E-state index contributed by atoms with van der Waals surface area (Å²) in [6.07, 6.45) is 0. The van der Waals surface area contributed by atoms with Crippen LogP contribution in [0.4, 0.5) is 5.69 Å². The first-order valence-electron chi connectivity index (χ1n) is 5.83. The number of amides is 1. The molecule has 0 aromatic heterocycles. The normalized spacial score (nSPS) is 10.0. The first-order chi connectivity index (χ1) is 9.58. The highest BCUT2D eigenvalue weighted by atomic mass is 16.6. The van der Waals surface area contributed by atoms with Crippen LogP contribution in [0.2, 0.25) is 0 Å². The third kappa shape index (κ3) is 3.11. The lowest BCUT2D eigenvalue weighted by Gasteiger charge is -2.07. The van der Waals surface area contributed by atoms with E-state index in [2.05, 4.69) is 0 Å². The summed E-state index contributed by atoms with van der Waals surface area (Å²) >= 11 is 0. The van der Waals surface area contributed by atoms with E-state index in [1.165, 1.54) is 12.1 Å². The number of nitrogens with zero attached hydrogens (tertiary/aromatic N) is 1. The van der Waals surface area contributed by atoms with Crippen LogP contribution in [0.5, 0.6) is 5.75 Å². The highest BCUT2D eigenvalue weighted by molar-refractivity contribution is 5.93. The Labute approximate surface area is 114 Å². The van der Waals surface area contributed by atoms with Crippen molar-refractivity contribution < 1.29 is 14.5 Å². The van der Waals surface area contributed by atoms with Gasteiger partial charge in [-0.2, -0.15) is 0 Å². The fourth-order valence-corrected chi connectivity index (χ4v) is 1.71. The molecular formula is C14H12N2O4. The average molecular weight is 272 g/mol. The number of nitro benzene ring substituents is 1. The van der Waals surface area contributed by atoms with E-state index in [1.807, 2.05) is 0 Å². The van der Waals surface area contributed by atoms with Gasteiger partial charge in [-0.05, 0) is 24.3 Å². The Bertz CT molecular complexity index is 655. The molecular weight excluding hydrogens is 260 g/mol. The highest BCUT2D eigenvalue weighted by Crippen LogP contribution is 2.20. The van der Waals surface area contributed by atoms with Crippen molar-refractivity contribution in [3.8, 4) is 5.75 Å². The van der Waals surface area contributed by atoms with Gasteiger partial charge < -0.3 is 10.5 Å².